The highest BCUT2D eigenvalue weighted by atomic mass is 31.1. The zero-order valence-electron chi connectivity index (χ0n) is 22.5. The molecular formula is C31H43O2P. The predicted molar refractivity (Wildman–Crippen MR) is 149 cm³/mol. The van der Waals surface area contributed by atoms with E-state index in [9.17, 15) is 0 Å². The molecule has 2 aromatic carbocycles. The SMILES string of the molecule is C=Cc1cc(C(C)C)cc(C(C)C)c1-c1ccccc1P1C(C)(C)CC2(CC1(C)C)OCCO2. The molecule has 0 aliphatic carbocycles. The van der Waals surface area contributed by atoms with Gasteiger partial charge in [0.1, 0.15) is 0 Å². The molecule has 34 heavy (non-hydrogen) atoms. The van der Waals surface area contributed by atoms with Crippen LogP contribution >= 0.6 is 7.92 Å². The largest absolute Gasteiger partial charge is 0.347 e. The van der Waals surface area contributed by atoms with Crippen molar-refractivity contribution in [2.45, 2.75) is 96.2 Å². The van der Waals surface area contributed by atoms with Crippen molar-refractivity contribution in [3.8, 4) is 11.1 Å². The Morgan fingerprint density at radius 2 is 1.47 bits per heavy atom. The van der Waals surface area contributed by atoms with Gasteiger partial charge < -0.3 is 9.47 Å². The summed E-state index contributed by atoms with van der Waals surface area (Å²) in [4.78, 5) is 0. The Kier molecular flexibility index (Phi) is 6.93. The quantitative estimate of drug-likeness (QED) is 0.401. The maximum Gasteiger partial charge on any atom is 0.170 e. The van der Waals surface area contributed by atoms with E-state index in [1.165, 1.54) is 33.1 Å². The summed E-state index contributed by atoms with van der Waals surface area (Å²) in [5.74, 6) is 0.502. The molecule has 2 aliphatic rings. The third-order valence-corrected chi connectivity index (χ3v) is 11.2. The first-order valence-corrected chi connectivity index (χ1v) is 14.2. The molecule has 3 heteroatoms. The molecule has 0 amide bonds. The predicted octanol–water partition coefficient (Wildman–Crippen LogP) is 8.44. The average Bonchev–Trinajstić information content (AvgIpc) is 3.17. The lowest BCUT2D eigenvalue weighted by atomic mass is 9.85. The molecule has 2 aromatic rings. The van der Waals surface area contributed by atoms with Crippen molar-refractivity contribution in [2.24, 2.45) is 0 Å². The second kappa shape index (κ2) is 9.20. The molecule has 0 saturated carbocycles. The van der Waals surface area contributed by atoms with Gasteiger partial charge in [-0.25, -0.2) is 0 Å². The van der Waals surface area contributed by atoms with Gasteiger partial charge in [0.2, 0.25) is 0 Å². The van der Waals surface area contributed by atoms with Crippen LogP contribution in [0.15, 0.2) is 43.0 Å². The van der Waals surface area contributed by atoms with E-state index in [1.54, 1.807) is 0 Å². The van der Waals surface area contributed by atoms with E-state index in [0.717, 1.165) is 12.8 Å². The van der Waals surface area contributed by atoms with Crippen molar-refractivity contribution >= 4 is 19.3 Å². The summed E-state index contributed by atoms with van der Waals surface area (Å²) in [7, 11) is -0.503. The van der Waals surface area contributed by atoms with Gasteiger partial charge in [0.05, 0.1) is 13.2 Å². The Morgan fingerprint density at radius 3 is 2.00 bits per heavy atom. The number of hydrogen-bond acceptors (Lipinski definition) is 2. The molecule has 0 radical (unpaired) electrons. The van der Waals surface area contributed by atoms with Crippen LogP contribution in [0.3, 0.4) is 0 Å². The Hall–Kier alpha value is -1.47. The van der Waals surface area contributed by atoms with E-state index in [0.29, 0.717) is 25.0 Å². The van der Waals surface area contributed by atoms with E-state index in [4.69, 9.17) is 9.47 Å². The first kappa shape index (κ1) is 25.6. The Morgan fingerprint density at radius 1 is 0.882 bits per heavy atom. The van der Waals surface area contributed by atoms with E-state index < -0.39 is 13.7 Å². The van der Waals surface area contributed by atoms with Crippen LogP contribution in [0.4, 0.5) is 0 Å². The summed E-state index contributed by atoms with van der Waals surface area (Å²) in [5, 5.41) is 1.67. The molecule has 4 rings (SSSR count). The molecule has 184 valence electrons. The fraction of sp³-hybridized carbons (Fsp3) is 0.548. The molecule has 2 fully saturated rings. The molecule has 1 spiro atoms. The van der Waals surface area contributed by atoms with Crippen molar-refractivity contribution in [3.63, 3.8) is 0 Å². The zero-order valence-corrected chi connectivity index (χ0v) is 23.4. The Bertz CT molecular complexity index is 1040. The maximum absolute atomic E-state index is 6.25. The smallest absolute Gasteiger partial charge is 0.170 e. The molecule has 2 aliphatic heterocycles. The van der Waals surface area contributed by atoms with Gasteiger partial charge in [-0.1, -0.05) is 112 Å². The topological polar surface area (TPSA) is 18.5 Å². The molecule has 2 saturated heterocycles. The van der Waals surface area contributed by atoms with Crippen molar-refractivity contribution < 1.29 is 9.47 Å². The first-order valence-electron chi connectivity index (χ1n) is 12.9. The van der Waals surface area contributed by atoms with Crippen LogP contribution in [0.2, 0.25) is 0 Å². The third kappa shape index (κ3) is 4.55. The van der Waals surface area contributed by atoms with Gasteiger partial charge in [-0.3, -0.25) is 0 Å². The van der Waals surface area contributed by atoms with Crippen molar-refractivity contribution in [1.29, 1.82) is 0 Å². The summed E-state index contributed by atoms with van der Waals surface area (Å²) in [6, 6.07) is 14.0. The molecule has 2 nitrogen and oxygen atoms in total. The van der Waals surface area contributed by atoms with Crippen LogP contribution in [0.25, 0.3) is 17.2 Å². The number of hydrogen-bond donors (Lipinski definition) is 0. The van der Waals surface area contributed by atoms with Crippen LogP contribution in [0.1, 0.15) is 96.8 Å². The van der Waals surface area contributed by atoms with Gasteiger partial charge in [0, 0.05) is 12.8 Å². The van der Waals surface area contributed by atoms with Crippen LogP contribution in [-0.2, 0) is 9.47 Å². The van der Waals surface area contributed by atoms with E-state index in [-0.39, 0.29) is 10.3 Å². The molecule has 0 bridgehead atoms. The van der Waals surface area contributed by atoms with Crippen LogP contribution in [-0.4, -0.2) is 29.3 Å². The average molecular weight is 479 g/mol. The molecule has 0 unspecified atom stereocenters. The van der Waals surface area contributed by atoms with Crippen molar-refractivity contribution in [1.82, 2.24) is 0 Å². The van der Waals surface area contributed by atoms with Gasteiger partial charge in [0.25, 0.3) is 0 Å². The molecular weight excluding hydrogens is 435 g/mol. The molecule has 0 N–H and O–H groups in total. The highest BCUT2D eigenvalue weighted by Gasteiger charge is 2.57. The summed E-state index contributed by atoms with van der Waals surface area (Å²) in [5.41, 5.74) is 6.82. The minimum absolute atomic E-state index is 0.0851. The van der Waals surface area contributed by atoms with Crippen molar-refractivity contribution in [2.75, 3.05) is 13.2 Å². The van der Waals surface area contributed by atoms with Crippen LogP contribution in [0, 0.1) is 0 Å². The first-order chi connectivity index (χ1) is 15.9. The summed E-state index contributed by atoms with van der Waals surface area (Å²) in [6.45, 7) is 24.6. The van der Waals surface area contributed by atoms with E-state index in [1.807, 2.05) is 0 Å². The van der Waals surface area contributed by atoms with Gasteiger partial charge in [-0.2, -0.15) is 0 Å². The van der Waals surface area contributed by atoms with E-state index in [2.05, 4.69) is 104 Å². The molecule has 2 heterocycles. The third-order valence-electron chi connectivity index (χ3n) is 7.57. The monoisotopic (exact) mass is 478 g/mol. The van der Waals surface area contributed by atoms with Crippen molar-refractivity contribution in [3.05, 3.63) is 59.7 Å². The lowest BCUT2D eigenvalue weighted by Crippen LogP contribution is -2.52. The maximum atomic E-state index is 6.25. The summed E-state index contributed by atoms with van der Waals surface area (Å²) >= 11 is 0. The molecule has 0 aromatic heterocycles. The zero-order chi connectivity index (χ0) is 24.9. The lowest BCUT2D eigenvalue weighted by molar-refractivity contribution is -0.178. The number of ether oxygens (including phenoxy) is 2. The summed E-state index contributed by atoms with van der Waals surface area (Å²) in [6.07, 6.45) is 3.95. The van der Waals surface area contributed by atoms with Gasteiger partial charge >= 0.3 is 0 Å². The van der Waals surface area contributed by atoms with Crippen LogP contribution in [0.5, 0.6) is 0 Å². The fourth-order valence-corrected chi connectivity index (χ4v) is 11.0. The number of rotatable bonds is 5. The minimum Gasteiger partial charge on any atom is -0.347 e. The highest BCUT2D eigenvalue weighted by molar-refractivity contribution is 7.69. The molecule has 0 atom stereocenters. The summed E-state index contributed by atoms with van der Waals surface area (Å²) < 4.78 is 12.5. The standard InChI is InChI=1S/C31H43O2P/c1-10-23-17-24(21(2)3)18-26(22(4)5)28(23)25-13-11-12-14-27(25)34-29(6,7)19-31(20-30(34,8)9)32-15-16-33-31/h10-14,17-18,21-22H,1,15-16,19-20H2,2-9H3. The fourth-order valence-electron chi connectivity index (χ4n) is 6.56. The Balaban J connectivity index is 1.92. The van der Waals surface area contributed by atoms with Gasteiger partial charge in [-0.05, 0) is 55.3 Å². The van der Waals surface area contributed by atoms with Crippen LogP contribution < -0.4 is 5.30 Å². The normalized spacial score (nSPS) is 21.5. The van der Waals surface area contributed by atoms with Gasteiger partial charge in [0.15, 0.2) is 5.79 Å². The number of benzene rings is 2. The highest BCUT2D eigenvalue weighted by Crippen LogP contribution is 2.68. The minimum atomic E-state index is -0.503. The lowest BCUT2D eigenvalue weighted by Gasteiger charge is -2.55. The second-order valence-electron chi connectivity index (χ2n) is 12.0. The van der Waals surface area contributed by atoms with E-state index >= 15 is 0 Å². The second-order valence-corrected chi connectivity index (χ2v) is 15.6. The Labute approximate surface area is 208 Å². The van der Waals surface area contributed by atoms with Gasteiger partial charge in [-0.15, -0.1) is 0 Å².